The number of rotatable bonds is 0. The number of amides is 1. The number of carboxylic acid groups (broad SMARTS) is 1. The van der Waals surface area contributed by atoms with Gasteiger partial charge in [0, 0.05) is 12.2 Å². The molecule has 1 unspecified atom stereocenters. The van der Waals surface area contributed by atoms with Gasteiger partial charge in [0.25, 0.3) is 0 Å². The van der Waals surface area contributed by atoms with Crippen molar-refractivity contribution < 1.29 is 9.90 Å². The lowest BCUT2D eigenvalue weighted by atomic mass is 9.85. The molecular weight excluding hydrogens is 154 g/mol. The molecule has 0 radical (unpaired) electrons. The Kier molecular flexibility index (Phi) is 2.13. The molecule has 0 saturated heterocycles. The molecule has 0 spiro atoms. The molecule has 1 heterocycles. The minimum absolute atomic E-state index is 0.0158. The standard InChI is InChI=1S/C9H15NO2/c1-9(2,3)7-5-4-6-10(7)8(11)12/h4,6-7H,5H2,1-3H3,(H,11,12). The van der Waals surface area contributed by atoms with Gasteiger partial charge in [-0.15, -0.1) is 0 Å². The summed E-state index contributed by atoms with van der Waals surface area (Å²) in [5, 5.41) is 8.82. The van der Waals surface area contributed by atoms with Gasteiger partial charge in [0.05, 0.1) is 0 Å². The first kappa shape index (κ1) is 9.10. The summed E-state index contributed by atoms with van der Waals surface area (Å²) >= 11 is 0. The fourth-order valence-electron chi connectivity index (χ4n) is 1.49. The van der Waals surface area contributed by atoms with Crippen molar-refractivity contribution in [1.29, 1.82) is 0 Å². The van der Waals surface area contributed by atoms with E-state index in [-0.39, 0.29) is 11.5 Å². The summed E-state index contributed by atoms with van der Waals surface area (Å²) in [5.74, 6) is 0. The van der Waals surface area contributed by atoms with Gasteiger partial charge in [-0.05, 0) is 11.8 Å². The molecule has 1 N–H and O–H groups in total. The molecule has 1 amide bonds. The number of hydrogen-bond donors (Lipinski definition) is 1. The molecular formula is C9H15NO2. The van der Waals surface area contributed by atoms with Crippen molar-refractivity contribution in [2.75, 3.05) is 0 Å². The second kappa shape index (κ2) is 2.81. The highest BCUT2D eigenvalue weighted by Crippen LogP contribution is 2.30. The van der Waals surface area contributed by atoms with Crippen LogP contribution in [0, 0.1) is 5.41 Å². The van der Waals surface area contributed by atoms with Gasteiger partial charge in [-0.2, -0.15) is 0 Å². The zero-order chi connectivity index (χ0) is 9.35. The number of hydrogen-bond acceptors (Lipinski definition) is 1. The van der Waals surface area contributed by atoms with Gasteiger partial charge in [0.1, 0.15) is 0 Å². The third-order valence-corrected chi connectivity index (χ3v) is 2.18. The monoisotopic (exact) mass is 169 g/mol. The highest BCUT2D eigenvalue weighted by molar-refractivity contribution is 5.67. The molecule has 0 saturated carbocycles. The fourth-order valence-corrected chi connectivity index (χ4v) is 1.49. The molecule has 1 aliphatic rings. The van der Waals surface area contributed by atoms with E-state index in [2.05, 4.69) is 20.8 Å². The lowest BCUT2D eigenvalue weighted by molar-refractivity contribution is 0.120. The molecule has 68 valence electrons. The third kappa shape index (κ3) is 1.60. The van der Waals surface area contributed by atoms with Gasteiger partial charge in [-0.1, -0.05) is 26.8 Å². The predicted molar refractivity (Wildman–Crippen MR) is 46.9 cm³/mol. The van der Waals surface area contributed by atoms with E-state index < -0.39 is 6.09 Å². The Balaban J connectivity index is 2.75. The van der Waals surface area contributed by atoms with E-state index in [0.29, 0.717) is 0 Å². The summed E-state index contributed by atoms with van der Waals surface area (Å²) < 4.78 is 0. The second-order valence-corrected chi connectivity index (χ2v) is 4.19. The van der Waals surface area contributed by atoms with Crippen molar-refractivity contribution in [3.63, 3.8) is 0 Å². The van der Waals surface area contributed by atoms with Gasteiger partial charge in [-0.25, -0.2) is 4.79 Å². The van der Waals surface area contributed by atoms with E-state index in [0.717, 1.165) is 6.42 Å². The minimum atomic E-state index is -0.858. The van der Waals surface area contributed by atoms with Crippen LogP contribution in [0.3, 0.4) is 0 Å². The van der Waals surface area contributed by atoms with Crippen molar-refractivity contribution in [1.82, 2.24) is 4.90 Å². The largest absolute Gasteiger partial charge is 0.465 e. The van der Waals surface area contributed by atoms with Crippen molar-refractivity contribution in [2.24, 2.45) is 5.41 Å². The average Bonchev–Trinajstić information content (AvgIpc) is 2.30. The maximum atomic E-state index is 10.7. The molecule has 1 atom stereocenters. The van der Waals surface area contributed by atoms with E-state index in [1.54, 1.807) is 6.20 Å². The maximum Gasteiger partial charge on any atom is 0.411 e. The summed E-state index contributed by atoms with van der Waals surface area (Å²) in [7, 11) is 0. The van der Waals surface area contributed by atoms with Gasteiger partial charge in [0.2, 0.25) is 0 Å². The molecule has 3 nitrogen and oxygen atoms in total. The van der Waals surface area contributed by atoms with E-state index in [1.807, 2.05) is 6.08 Å². The maximum absolute atomic E-state index is 10.7. The lowest BCUT2D eigenvalue weighted by Crippen LogP contribution is -2.40. The summed E-state index contributed by atoms with van der Waals surface area (Å²) in [5.41, 5.74) is 0.0158. The first-order valence-corrected chi connectivity index (χ1v) is 4.11. The van der Waals surface area contributed by atoms with Crippen molar-refractivity contribution in [3.8, 4) is 0 Å². The fraction of sp³-hybridized carbons (Fsp3) is 0.667. The zero-order valence-electron chi connectivity index (χ0n) is 7.74. The molecule has 3 heteroatoms. The molecule has 0 aromatic carbocycles. The summed E-state index contributed by atoms with van der Waals surface area (Å²) in [6.45, 7) is 6.17. The molecule has 0 bridgehead atoms. The topological polar surface area (TPSA) is 40.5 Å². The molecule has 0 aromatic heterocycles. The molecule has 1 aliphatic heterocycles. The Hall–Kier alpha value is -0.990. The van der Waals surface area contributed by atoms with E-state index >= 15 is 0 Å². The molecule has 12 heavy (non-hydrogen) atoms. The highest BCUT2D eigenvalue weighted by atomic mass is 16.4. The van der Waals surface area contributed by atoms with Gasteiger partial charge in [0.15, 0.2) is 0 Å². The van der Waals surface area contributed by atoms with Crippen molar-refractivity contribution in [3.05, 3.63) is 12.3 Å². The SMILES string of the molecule is CC(C)(C)C1CC=CN1C(=O)O. The van der Waals surface area contributed by atoms with Crippen LogP contribution in [0.25, 0.3) is 0 Å². The molecule has 1 rings (SSSR count). The normalized spacial score (nSPS) is 23.2. The van der Waals surface area contributed by atoms with Crippen LogP contribution in [-0.4, -0.2) is 22.1 Å². The first-order valence-electron chi connectivity index (χ1n) is 4.11. The summed E-state index contributed by atoms with van der Waals surface area (Å²) in [6, 6.07) is 0.0926. The Morgan fingerprint density at radius 2 is 2.17 bits per heavy atom. The Labute approximate surface area is 72.7 Å². The van der Waals surface area contributed by atoms with Crippen LogP contribution in [0.4, 0.5) is 4.79 Å². The quantitative estimate of drug-likeness (QED) is 0.604. The lowest BCUT2D eigenvalue weighted by Gasteiger charge is -2.32. The van der Waals surface area contributed by atoms with Crippen LogP contribution >= 0.6 is 0 Å². The zero-order valence-corrected chi connectivity index (χ0v) is 7.74. The molecule has 0 fully saturated rings. The van der Waals surface area contributed by atoms with Crippen LogP contribution in [0.2, 0.25) is 0 Å². The average molecular weight is 169 g/mol. The van der Waals surface area contributed by atoms with Gasteiger partial charge < -0.3 is 5.11 Å². The van der Waals surface area contributed by atoms with E-state index in [9.17, 15) is 4.79 Å². The Morgan fingerprint density at radius 3 is 2.50 bits per heavy atom. The highest BCUT2D eigenvalue weighted by Gasteiger charge is 2.33. The van der Waals surface area contributed by atoms with Crippen LogP contribution in [0.5, 0.6) is 0 Å². The smallest absolute Gasteiger partial charge is 0.411 e. The van der Waals surface area contributed by atoms with Crippen LogP contribution < -0.4 is 0 Å². The minimum Gasteiger partial charge on any atom is -0.465 e. The van der Waals surface area contributed by atoms with Crippen LogP contribution in [0.1, 0.15) is 27.2 Å². The predicted octanol–water partition coefficient (Wildman–Crippen LogP) is 2.30. The molecule has 0 aliphatic carbocycles. The summed E-state index contributed by atoms with van der Waals surface area (Å²) in [4.78, 5) is 12.1. The second-order valence-electron chi connectivity index (χ2n) is 4.19. The van der Waals surface area contributed by atoms with E-state index in [1.165, 1.54) is 4.90 Å². The van der Waals surface area contributed by atoms with E-state index in [4.69, 9.17) is 5.11 Å². The van der Waals surface area contributed by atoms with Crippen molar-refractivity contribution in [2.45, 2.75) is 33.2 Å². The van der Waals surface area contributed by atoms with Crippen molar-refractivity contribution >= 4 is 6.09 Å². The number of carbonyl (C=O) groups is 1. The van der Waals surface area contributed by atoms with Gasteiger partial charge in [-0.3, -0.25) is 4.90 Å². The summed E-state index contributed by atoms with van der Waals surface area (Å²) in [6.07, 6.45) is 3.53. The van der Waals surface area contributed by atoms with Crippen LogP contribution in [0.15, 0.2) is 12.3 Å². The van der Waals surface area contributed by atoms with Crippen LogP contribution in [-0.2, 0) is 0 Å². The van der Waals surface area contributed by atoms with Gasteiger partial charge >= 0.3 is 6.09 Å². The Bertz CT molecular complexity index is 215. The molecule has 0 aromatic rings. The first-order chi connectivity index (χ1) is 5.43. The number of nitrogens with zero attached hydrogens (tertiary/aromatic N) is 1. The Morgan fingerprint density at radius 1 is 1.58 bits per heavy atom. The third-order valence-electron chi connectivity index (χ3n) is 2.18.